The molecular weight excluding hydrogens is 648 g/mol. The molecule has 274 valence electrons. The molecule has 4 aromatic rings. The number of carbonyl (C=O) groups is 1. The number of hydrogen-bond acceptors (Lipinski definition) is 9. The van der Waals surface area contributed by atoms with Crippen molar-refractivity contribution in [2.45, 2.75) is 118 Å². The van der Waals surface area contributed by atoms with Gasteiger partial charge < -0.3 is 40.5 Å². The van der Waals surface area contributed by atoms with Crippen molar-refractivity contribution in [2.75, 3.05) is 6.61 Å². The first-order chi connectivity index (χ1) is 24.4. The van der Waals surface area contributed by atoms with Gasteiger partial charge in [0.05, 0.1) is 25.4 Å². The summed E-state index contributed by atoms with van der Waals surface area (Å²) in [4.78, 5) is 11.3. The smallest absolute Gasteiger partial charge is 0.154 e. The molecule has 0 spiro atoms. The summed E-state index contributed by atoms with van der Waals surface area (Å²) < 4.78 is 4.71. The molecule has 1 fully saturated rings. The number of carbonyl (C=O) groups excluding carboxylic acids is 1. The van der Waals surface area contributed by atoms with Crippen molar-refractivity contribution >= 4 is 33.9 Å². The maximum Gasteiger partial charge on any atom is 0.154 e. The zero-order valence-electron chi connectivity index (χ0n) is 30.3. The van der Waals surface area contributed by atoms with Crippen LogP contribution in [0.15, 0.2) is 18.2 Å². The molecule has 3 atom stereocenters. The third-order valence-corrected chi connectivity index (χ3v) is 10.8. The molecule has 7 N–H and O–H groups in total. The second kappa shape index (κ2) is 16.2. The minimum absolute atomic E-state index is 0.0509. The van der Waals surface area contributed by atoms with Crippen molar-refractivity contribution in [1.82, 2.24) is 0 Å². The van der Waals surface area contributed by atoms with E-state index in [0.29, 0.717) is 40.5 Å². The fourth-order valence-electron chi connectivity index (χ4n) is 8.34. The molecule has 9 nitrogen and oxygen atoms in total. The van der Waals surface area contributed by atoms with Crippen molar-refractivity contribution in [3.63, 3.8) is 0 Å². The van der Waals surface area contributed by atoms with Crippen molar-refractivity contribution in [3.05, 3.63) is 85.0 Å². The molecule has 2 aliphatic carbocycles. The van der Waals surface area contributed by atoms with Crippen LogP contribution in [0.1, 0.15) is 129 Å². The number of aliphatic hydroxyl groups is 5. The van der Waals surface area contributed by atoms with Crippen LogP contribution >= 0.6 is 0 Å². The molecule has 7 rings (SSSR count). The summed E-state index contributed by atoms with van der Waals surface area (Å²) in [5.74, 6) is 0.234. The normalized spacial score (nSPS) is 19.7. The Morgan fingerprint density at radius 3 is 1.57 bits per heavy atom. The molecule has 0 saturated carbocycles. The van der Waals surface area contributed by atoms with Gasteiger partial charge in [0.25, 0.3) is 0 Å². The summed E-state index contributed by atoms with van der Waals surface area (Å²) in [6, 6.07) is 3.89. The lowest BCUT2D eigenvalue weighted by atomic mass is 9.80. The second-order valence-corrected chi connectivity index (χ2v) is 14.0. The molecule has 0 aromatic heterocycles. The fraction of sp³-hybridized carbons (Fsp3) is 0.452. The van der Waals surface area contributed by atoms with Crippen molar-refractivity contribution < 1.29 is 45.3 Å². The first kappa shape index (κ1) is 38.4. The summed E-state index contributed by atoms with van der Waals surface area (Å²) in [6.07, 6.45) is 9.31. The molecule has 1 heterocycles. The number of benzene rings is 4. The van der Waals surface area contributed by atoms with Gasteiger partial charge in [-0.05, 0) is 140 Å². The number of aldehydes is 1. The van der Waals surface area contributed by atoms with Crippen LogP contribution < -0.4 is 0 Å². The fourth-order valence-corrected chi connectivity index (χ4v) is 8.34. The van der Waals surface area contributed by atoms with Crippen LogP contribution in [0, 0.1) is 27.7 Å². The molecule has 0 bridgehead atoms. The number of fused-ring (bicyclic) bond motifs is 4. The quantitative estimate of drug-likeness (QED) is 0.111. The highest BCUT2D eigenvalue weighted by Crippen LogP contribution is 2.47. The Bertz CT molecular complexity index is 1970. The Kier molecular flexibility index (Phi) is 12.2. The highest BCUT2D eigenvalue weighted by molar-refractivity contribution is 6.01. The van der Waals surface area contributed by atoms with Crippen molar-refractivity contribution in [3.8, 4) is 11.5 Å². The van der Waals surface area contributed by atoms with Crippen LogP contribution in [0.25, 0.3) is 27.6 Å². The number of ether oxygens (including phenoxy) is 1. The zero-order chi connectivity index (χ0) is 37.1. The molecule has 3 unspecified atom stereocenters. The molecule has 3 aliphatic rings. The van der Waals surface area contributed by atoms with Gasteiger partial charge in [-0.15, -0.1) is 0 Å². The van der Waals surface area contributed by atoms with E-state index >= 15 is 0 Å². The SMILES string of the molecule is C/C=C/c1c(C)cc2c(CO)c3c(c(O)c2c1C)C(O)CCC3.Cc1cc2c(CO)c3c(c(O)c2c(C)c1C=O)C(O)CCC3.OC1CCCO1. The zero-order valence-corrected chi connectivity index (χ0v) is 30.3. The van der Waals surface area contributed by atoms with Gasteiger partial charge >= 0.3 is 0 Å². The summed E-state index contributed by atoms with van der Waals surface area (Å²) in [7, 11) is 0. The largest absolute Gasteiger partial charge is 0.507 e. The highest BCUT2D eigenvalue weighted by Gasteiger charge is 2.29. The Balaban J connectivity index is 0.000000170. The molecule has 0 amide bonds. The maximum atomic E-state index is 11.3. The van der Waals surface area contributed by atoms with E-state index in [2.05, 4.69) is 0 Å². The molecule has 9 heteroatoms. The van der Waals surface area contributed by atoms with Crippen LogP contribution in [-0.4, -0.2) is 54.9 Å². The molecule has 51 heavy (non-hydrogen) atoms. The average Bonchev–Trinajstić information content (AvgIpc) is 3.58. The maximum absolute atomic E-state index is 11.3. The van der Waals surface area contributed by atoms with E-state index < -0.39 is 18.5 Å². The van der Waals surface area contributed by atoms with E-state index in [4.69, 9.17) is 9.84 Å². The third-order valence-electron chi connectivity index (χ3n) is 10.8. The number of phenolic OH excluding ortho intramolecular Hbond substituents is 2. The van der Waals surface area contributed by atoms with Crippen molar-refractivity contribution in [2.24, 2.45) is 0 Å². The topological polar surface area (TPSA) is 168 Å². The van der Waals surface area contributed by atoms with Gasteiger partial charge in [-0.3, -0.25) is 4.79 Å². The predicted octanol–water partition coefficient (Wildman–Crippen LogP) is 7.01. The van der Waals surface area contributed by atoms with Crippen LogP contribution in [0.5, 0.6) is 11.5 Å². The molecule has 1 aliphatic heterocycles. The molecular formula is C42H52O9. The minimum Gasteiger partial charge on any atom is -0.507 e. The van der Waals surface area contributed by atoms with E-state index in [1.807, 2.05) is 52.0 Å². The summed E-state index contributed by atoms with van der Waals surface area (Å²) in [5.41, 5.74) is 9.79. The average molecular weight is 701 g/mol. The first-order valence-corrected chi connectivity index (χ1v) is 18.0. The van der Waals surface area contributed by atoms with Gasteiger partial charge in [0.2, 0.25) is 0 Å². The predicted molar refractivity (Wildman–Crippen MR) is 199 cm³/mol. The van der Waals surface area contributed by atoms with Gasteiger partial charge in [-0.25, -0.2) is 0 Å². The van der Waals surface area contributed by atoms with E-state index in [1.165, 1.54) is 0 Å². The highest BCUT2D eigenvalue weighted by atomic mass is 16.6. The Morgan fingerprint density at radius 1 is 0.725 bits per heavy atom. The van der Waals surface area contributed by atoms with Crippen LogP contribution in [0.3, 0.4) is 0 Å². The second-order valence-electron chi connectivity index (χ2n) is 14.0. The Labute approximate surface area is 299 Å². The van der Waals surface area contributed by atoms with Gasteiger partial charge in [-0.1, -0.05) is 24.3 Å². The van der Waals surface area contributed by atoms with Crippen LogP contribution in [-0.2, 0) is 30.8 Å². The summed E-state index contributed by atoms with van der Waals surface area (Å²) >= 11 is 0. The van der Waals surface area contributed by atoms with E-state index in [-0.39, 0.29) is 24.7 Å². The number of aliphatic hydroxyl groups excluding tert-OH is 5. The number of aromatic hydroxyl groups is 2. The number of phenols is 2. The summed E-state index contributed by atoms with van der Waals surface area (Å²) in [6.45, 7) is 10.2. The van der Waals surface area contributed by atoms with Gasteiger partial charge in [0.1, 0.15) is 11.5 Å². The van der Waals surface area contributed by atoms with Crippen molar-refractivity contribution in [1.29, 1.82) is 0 Å². The monoisotopic (exact) mass is 700 g/mol. The molecule has 1 saturated heterocycles. The number of aryl methyl sites for hydroxylation is 4. The van der Waals surface area contributed by atoms with Crippen LogP contribution in [0.2, 0.25) is 0 Å². The van der Waals surface area contributed by atoms with Gasteiger partial charge in [0.15, 0.2) is 12.6 Å². The standard InChI is InChI=1S/C20H24O3.C18H20O4.C4H8O2/c1-4-6-13-11(2)9-15-16(10-21)14-7-5-8-17(22)19(14)20(23)18(15)12(13)3;1-9-6-12-14(8-20)11-4-3-5-15(21)17(11)18(22)16(12)10(2)13(9)7-19;5-4-2-1-3-6-4/h4,6,9,17,21-23H,5,7-8,10H2,1-3H3;6-7,15,20-22H,3-5,8H2,1-2H3;4-5H,1-3H2/b6-4+;;. The number of rotatable bonds is 4. The lowest BCUT2D eigenvalue weighted by Gasteiger charge is -2.27. The van der Waals surface area contributed by atoms with Crippen LogP contribution in [0.4, 0.5) is 0 Å². The van der Waals surface area contributed by atoms with E-state index in [9.17, 15) is 35.4 Å². The third kappa shape index (κ3) is 7.16. The van der Waals surface area contributed by atoms with E-state index in [1.54, 1.807) is 6.92 Å². The minimum atomic E-state index is -0.723. The molecule has 4 aromatic carbocycles. The Morgan fingerprint density at radius 2 is 1.20 bits per heavy atom. The Hall–Kier alpha value is -3.83. The molecule has 0 radical (unpaired) electrons. The van der Waals surface area contributed by atoms with E-state index in [0.717, 1.165) is 112 Å². The van der Waals surface area contributed by atoms with Gasteiger partial charge in [0, 0.05) is 40.5 Å². The van der Waals surface area contributed by atoms with Gasteiger partial charge in [-0.2, -0.15) is 0 Å². The first-order valence-electron chi connectivity index (χ1n) is 18.0. The summed E-state index contributed by atoms with van der Waals surface area (Å²) in [5, 5.41) is 73.6. The lowest BCUT2D eigenvalue weighted by molar-refractivity contribution is -0.0589. The number of hydrogen-bond donors (Lipinski definition) is 7. The lowest BCUT2D eigenvalue weighted by Crippen LogP contribution is -2.13. The number of allylic oxidation sites excluding steroid dienone is 1.